The number of aromatic nitrogens is 2. The number of nitrogens with zero attached hydrogens (tertiary/aromatic N) is 3. The quantitative estimate of drug-likeness (QED) is 0.641. The summed E-state index contributed by atoms with van der Waals surface area (Å²) in [7, 11) is -3.96. The van der Waals surface area contributed by atoms with Gasteiger partial charge in [-0.2, -0.15) is 5.26 Å². The summed E-state index contributed by atoms with van der Waals surface area (Å²) in [6.45, 7) is 1.89. The molecule has 0 aliphatic heterocycles. The highest BCUT2D eigenvalue weighted by atomic mass is 32.2. The molecule has 0 bridgehead atoms. The van der Waals surface area contributed by atoms with Crippen molar-refractivity contribution >= 4 is 26.7 Å². The SMILES string of the molecule is Cc1ccc(S(=O)(=O)C(C#N)c2nc3ccccc3nc2NC2CCCCC2)cc1. The molecular weight excluding hydrogens is 396 g/mol. The third-order valence-corrected chi connectivity index (χ3v) is 7.45. The predicted molar refractivity (Wildman–Crippen MR) is 117 cm³/mol. The summed E-state index contributed by atoms with van der Waals surface area (Å²) in [6.07, 6.45) is 5.44. The van der Waals surface area contributed by atoms with Crippen LogP contribution >= 0.6 is 0 Å². The van der Waals surface area contributed by atoms with Crippen molar-refractivity contribution in [1.82, 2.24) is 9.97 Å². The first kappa shape index (κ1) is 20.3. The zero-order chi connectivity index (χ0) is 21.1. The van der Waals surface area contributed by atoms with Gasteiger partial charge in [-0.3, -0.25) is 0 Å². The second-order valence-electron chi connectivity index (χ2n) is 7.79. The van der Waals surface area contributed by atoms with E-state index in [1.165, 1.54) is 18.6 Å². The van der Waals surface area contributed by atoms with E-state index in [1.54, 1.807) is 18.2 Å². The Bertz CT molecular complexity index is 1190. The minimum atomic E-state index is -3.96. The third kappa shape index (κ3) is 4.01. The van der Waals surface area contributed by atoms with Crippen LogP contribution in [0.2, 0.25) is 0 Å². The zero-order valence-corrected chi connectivity index (χ0v) is 17.7. The van der Waals surface area contributed by atoms with Crippen LogP contribution in [-0.2, 0) is 9.84 Å². The third-order valence-electron chi connectivity index (χ3n) is 5.57. The highest BCUT2D eigenvalue weighted by molar-refractivity contribution is 7.92. The first-order valence-electron chi connectivity index (χ1n) is 10.2. The van der Waals surface area contributed by atoms with Crippen LogP contribution < -0.4 is 5.32 Å². The van der Waals surface area contributed by atoms with E-state index < -0.39 is 15.1 Å². The second-order valence-corrected chi connectivity index (χ2v) is 9.83. The van der Waals surface area contributed by atoms with Crippen molar-refractivity contribution in [2.75, 3.05) is 5.32 Å². The van der Waals surface area contributed by atoms with E-state index in [0.29, 0.717) is 16.9 Å². The molecule has 6 nitrogen and oxygen atoms in total. The highest BCUT2D eigenvalue weighted by Gasteiger charge is 2.34. The predicted octanol–water partition coefficient (Wildman–Crippen LogP) is 4.72. The van der Waals surface area contributed by atoms with E-state index in [9.17, 15) is 13.7 Å². The molecule has 1 unspecified atom stereocenters. The first-order valence-corrected chi connectivity index (χ1v) is 11.8. The molecule has 1 aliphatic rings. The average molecular weight is 421 g/mol. The Morgan fingerprint density at radius 1 is 1.00 bits per heavy atom. The Balaban J connectivity index is 1.82. The Morgan fingerprint density at radius 2 is 1.63 bits per heavy atom. The maximum atomic E-state index is 13.3. The smallest absolute Gasteiger partial charge is 0.200 e. The summed E-state index contributed by atoms with van der Waals surface area (Å²) in [4.78, 5) is 9.37. The van der Waals surface area contributed by atoms with Gasteiger partial charge in [0.25, 0.3) is 0 Å². The van der Waals surface area contributed by atoms with Crippen LogP contribution in [0.4, 0.5) is 5.82 Å². The van der Waals surface area contributed by atoms with Gasteiger partial charge in [-0.1, -0.05) is 49.1 Å². The number of fused-ring (bicyclic) bond motifs is 1. The summed E-state index contributed by atoms with van der Waals surface area (Å²) in [5.41, 5.74) is 2.36. The van der Waals surface area contributed by atoms with Crippen molar-refractivity contribution in [3.63, 3.8) is 0 Å². The van der Waals surface area contributed by atoms with Crippen LogP contribution in [0.1, 0.15) is 48.6 Å². The number of nitrogens with one attached hydrogen (secondary N) is 1. The molecule has 30 heavy (non-hydrogen) atoms. The van der Waals surface area contributed by atoms with E-state index in [2.05, 4.69) is 15.3 Å². The van der Waals surface area contributed by atoms with Crippen LogP contribution in [0.15, 0.2) is 53.4 Å². The fraction of sp³-hybridized carbons (Fsp3) is 0.348. The normalized spacial score (nSPS) is 16.1. The molecule has 7 heteroatoms. The molecule has 0 radical (unpaired) electrons. The van der Waals surface area contributed by atoms with Crippen molar-refractivity contribution in [3.05, 3.63) is 59.8 Å². The van der Waals surface area contributed by atoms with Gasteiger partial charge >= 0.3 is 0 Å². The molecule has 3 aromatic rings. The first-order chi connectivity index (χ1) is 14.5. The Kier molecular flexibility index (Phi) is 5.69. The Morgan fingerprint density at radius 3 is 2.27 bits per heavy atom. The minimum absolute atomic E-state index is 0.109. The molecule has 1 saturated carbocycles. The molecule has 1 N–H and O–H groups in total. The largest absolute Gasteiger partial charge is 0.366 e. The van der Waals surface area contributed by atoms with E-state index in [1.807, 2.05) is 31.2 Å². The number of nitriles is 1. The minimum Gasteiger partial charge on any atom is -0.366 e. The summed E-state index contributed by atoms with van der Waals surface area (Å²) in [5.74, 6) is 0.392. The van der Waals surface area contributed by atoms with Gasteiger partial charge in [-0.05, 0) is 44.0 Å². The van der Waals surface area contributed by atoms with E-state index in [0.717, 1.165) is 31.2 Å². The number of hydrogen-bond donors (Lipinski definition) is 1. The molecule has 1 heterocycles. The van der Waals surface area contributed by atoms with Crippen LogP contribution in [0.5, 0.6) is 0 Å². The molecule has 1 fully saturated rings. The summed E-state index contributed by atoms with van der Waals surface area (Å²) in [6, 6.07) is 16.0. The number of rotatable bonds is 5. The van der Waals surface area contributed by atoms with Crippen LogP contribution in [0.25, 0.3) is 11.0 Å². The number of aryl methyl sites for hydroxylation is 1. The van der Waals surface area contributed by atoms with Crippen molar-refractivity contribution in [2.24, 2.45) is 0 Å². The molecule has 0 amide bonds. The van der Waals surface area contributed by atoms with Gasteiger partial charge in [0, 0.05) is 6.04 Å². The maximum Gasteiger partial charge on any atom is 0.200 e. The molecule has 4 rings (SSSR count). The van der Waals surface area contributed by atoms with Crippen LogP contribution in [0, 0.1) is 18.3 Å². The summed E-state index contributed by atoms with van der Waals surface area (Å²) >= 11 is 0. The number of para-hydroxylation sites is 2. The second kappa shape index (κ2) is 8.41. The van der Waals surface area contributed by atoms with Crippen molar-refractivity contribution < 1.29 is 8.42 Å². The molecule has 0 spiro atoms. The standard InChI is InChI=1S/C23H24N4O2S/c1-16-11-13-18(14-12-16)30(28,29)21(15-24)22-23(25-17-7-3-2-4-8-17)27-20-10-6-5-9-19(20)26-22/h5-6,9-14,17,21H,2-4,7-8H2,1H3,(H,25,27). The van der Waals surface area contributed by atoms with E-state index in [4.69, 9.17) is 0 Å². The molecule has 0 saturated heterocycles. The lowest BCUT2D eigenvalue weighted by Crippen LogP contribution is -2.25. The number of sulfone groups is 1. The highest BCUT2D eigenvalue weighted by Crippen LogP contribution is 2.33. The zero-order valence-electron chi connectivity index (χ0n) is 16.9. The van der Waals surface area contributed by atoms with Gasteiger partial charge in [0.2, 0.25) is 9.84 Å². The van der Waals surface area contributed by atoms with Gasteiger partial charge < -0.3 is 5.32 Å². The molecular formula is C23H24N4O2S. The number of benzene rings is 2. The van der Waals surface area contributed by atoms with Gasteiger partial charge in [-0.15, -0.1) is 0 Å². The topological polar surface area (TPSA) is 95.7 Å². The molecule has 154 valence electrons. The summed E-state index contributed by atoms with van der Waals surface area (Å²) < 4.78 is 26.7. The fourth-order valence-corrected chi connectivity index (χ4v) is 5.27. The van der Waals surface area contributed by atoms with Crippen molar-refractivity contribution in [3.8, 4) is 6.07 Å². The van der Waals surface area contributed by atoms with Gasteiger partial charge in [-0.25, -0.2) is 18.4 Å². The fourth-order valence-electron chi connectivity index (χ4n) is 3.88. The average Bonchev–Trinajstić information content (AvgIpc) is 2.75. The van der Waals surface area contributed by atoms with E-state index >= 15 is 0 Å². The monoisotopic (exact) mass is 420 g/mol. The van der Waals surface area contributed by atoms with Gasteiger partial charge in [0.15, 0.2) is 11.1 Å². The van der Waals surface area contributed by atoms with Crippen molar-refractivity contribution in [2.45, 2.75) is 55.2 Å². The molecule has 2 aromatic carbocycles. The lowest BCUT2D eigenvalue weighted by atomic mass is 9.95. The van der Waals surface area contributed by atoms with E-state index in [-0.39, 0.29) is 16.6 Å². The molecule has 1 aromatic heterocycles. The van der Waals surface area contributed by atoms with Gasteiger partial charge in [0.1, 0.15) is 5.69 Å². The lowest BCUT2D eigenvalue weighted by molar-refractivity contribution is 0.461. The number of hydrogen-bond acceptors (Lipinski definition) is 6. The lowest BCUT2D eigenvalue weighted by Gasteiger charge is -2.25. The molecule has 1 aliphatic carbocycles. The maximum absolute atomic E-state index is 13.3. The van der Waals surface area contributed by atoms with Crippen LogP contribution in [0.3, 0.4) is 0 Å². The Hall–Kier alpha value is -2.98. The number of anilines is 1. The van der Waals surface area contributed by atoms with Crippen molar-refractivity contribution in [1.29, 1.82) is 5.26 Å². The van der Waals surface area contributed by atoms with Crippen LogP contribution in [-0.4, -0.2) is 24.4 Å². The Labute approximate surface area is 176 Å². The van der Waals surface area contributed by atoms with Gasteiger partial charge in [0.05, 0.1) is 22.0 Å². The molecule has 1 atom stereocenters. The summed E-state index contributed by atoms with van der Waals surface area (Å²) in [5, 5.41) is 11.9.